The average molecular weight is 315 g/mol. The van der Waals surface area contributed by atoms with E-state index in [0.29, 0.717) is 6.54 Å². The molecule has 1 aromatic rings. The molecule has 1 fully saturated rings. The van der Waals surface area contributed by atoms with E-state index in [0.717, 1.165) is 37.8 Å². The van der Waals surface area contributed by atoms with Crippen LogP contribution in [0.5, 0.6) is 0 Å². The summed E-state index contributed by atoms with van der Waals surface area (Å²) in [6.07, 6.45) is 2.76. The number of halogens is 1. The van der Waals surface area contributed by atoms with Crippen LogP contribution in [0.2, 0.25) is 0 Å². The summed E-state index contributed by atoms with van der Waals surface area (Å²) in [5.74, 6) is -1.09. The van der Waals surface area contributed by atoms with E-state index in [-0.39, 0.29) is 17.3 Å². The molecule has 1 atom stereocenters. The molecular formula is C13H18FN3O3S. The zero-order valence-corrected chi connectivity index (χ0v) is 12.5. The van der Waals surface area contributed by atoms with Crippen molar-refractivity contribution in [1.82, 2.24) is 10.6 Å². The predicted molar refractivity (Wildman–Crippen MR) is 78.2 cm³/mol. The molecule has 0 radical (unpaired) electrons. The van der Waals surface area contributed by atoms with E-state index in [4.69, 9.17) is 0 Å². The molecular weight excluding hydrogens is 297 g/mol. The molecule has 21 heavy (non-hydrogen) atoms. The van der Waals surface area contributed by atoms with Crippen molar-refractivity contribution in [3.63, 3.8) is 0 Å². The molecule has 6 nitrogen and oxygen atoms in total. The number of anilines is 1. The van der Waals surface area contributed by atoms with Crippen LogP contribution in [0.4, 0.5) is 10.1 Å². The van der Waals surface area contributed by atoms with Crippen LogP contribution in [0.15, 0.2) is 18.2 Å². The average Bonchev–Trinajstić information content (AvgIpc) is 2.40. The van der Waals surface area contributed by atoms with Crippen LogP contribution >= 0.6 is 0 Å². The summed E-state index contributed by atoms with van der Waals surface area (Å²) in [4.78, 5) is 12.2. The number of hydrogen-bond acceptors (Lipinski definition) is 4. The summed E-state index contributed by atoms with van der Waals surface area (Å²) in [6, 6.07) is 3.33. The first-order valence-corrected chi connectivity index (χ1v) is 8.53. The van der Waals surface area contributed by atoms with Crippen molar-refractivity contribution in [1.29, 1.82) is 0 Å². The fourth-order valence-corrected chi connectivity index (χ4v) is 2.81. The summed E-state index contributed by atoms with van der Waals surface area (Å²) < 4.78 is 38.2. The maximum Gasteiger partial charge on any atom is 0.253 e. The number of sulfonamides is 1. The molecule has 0 bridgehead atoms. The molecule has 2 rings (SSSR count). The van der Waals surface area contributed by atoms with Crippen LogP contribution in [-0.4, -0.2) is 39.7 Å². The lowest BCUT2D eigenvalue weighted by molar-refractivity contribution is 0.0931. The van der Waals surface area contributed by atoms with E-state index in [2.05, 4.69) is 15.4 Å². The van der Waals surface area contributed by atoms with Crippen LogP contribution in [0.1, 0.15) is 23.2 Å². The molecule has 116 valence electrons. The SMILES string of the molecule is CS(=O)(=O)Nc1ccc(F)cc1C(=O)NC1CCCNC1. The van der Waals surface area contributed by atoms with Gasteiger partial charge in [-0.1, -0.05) is 0 Å². The maximum atomic E-state index is 13.3. The Hall–Kier alpha value is -1.67. The Balaban J connectivity index is 2.20. The number of rotatable bonds is 4. The lowest BCUT2D eigenvalue weighted by Gasteiger charge is -2.24. The summed E-state index contributed by atoms with van der Waals surface area (Å²) >= 11 is 0. The Bertz CT molecular complexity index is 628. The molecule has 0 aromatic heterocycles. The largest absolute Gasteiger partial charge is 0.348 e. The van der Waals surface area contributed by atoms with Crippen LogP contribution < -0.4 is 15.4 Å². The fourth-order valence-electron chi connectivity index (χ4n) is 2.23. The zero-order chi connectivity index (χ0) is 15.5. The Morgan fingerprint density at radius 2 is 2.19 bits per heavy atom. The first-order valence-electron chi connectivity index (χ1n) is 6.64. The van der Waals surface area contributed by atoms with E-state index in [9.17, 15) is 17.6 Å². The molecule has 1 aliphatic rings. The van der Waals surface area contributed by atoms with E-state index < -0.39 is 21.7 Å². The van der Waals surface area contributed by atoms with Crippen molar-refractivity contribution in [3.8, 4) is 0 Å². The first kappa shape index (κ1) is 15.7. The molecule has 1 saturated heterocycles. The third-order valence-corrected chi connectivity index (χ3v) is 3.74. The summed E-state index contributed by atoms with van der Waals surface area (Å²) in [5.41, 5.74) is 0.0474. The minimum absolute atomic E-state index is 0.0222. The monoisotopic (exact) mass is 315 g/mol. The van der Waals surface area contributed by atoms with Gasteiger partial charge in [0, 0.05) is 12.6 Å². The van der Waals surface area contributed by atoms with E-state index in [1.54, 1.807) is 0 Å². The smallest absolute Gasteiger partial charge is 0.253 e. The van der Waals surface area contributed by atoms with Gasteiger partial charge in [-0.25, -0.2) is 12.8 Å². The van der Waals surface area contributed by atoms with Crippen LogP contribution in [0.3, 0.4) is 0 Å². The van der Waals surface area contributed by atoms with Gasteiger partial charge in [0.2, 0.25) is 10.0 Å². The number of piperidine rings is 1. The van der Waals surface area contributed by atoms with E-state index in [1.165, 1.54) is 6.07 Å². The van der Waals surface area contributed by atoms with E-state index in [1.807, 2.05) is 0 Å². The van der Waals surface area contributed by atoms with Gasteiger partial charge >= 0.3 is 0 Å². The van der Waals surface area contributed by atoms with Crippen molar-refractivity contribution in [2.24, 2.45) is 0 Å². The molecule has 1 aliphatic heterocycles. The molecule has 0 spiro atoms. The summed E-state index contributed by atoms with van der Waals surface area (Å²) in [5, 5.41) is 5.94. The molecule has 0 aliphatic carbocycles. The lowest BCUT2D eigenvalue weighted by atomic mass is 10.1. The highest BCUT2D eigenvalue weighted by molar-refractivity contribution is 7.92. The molecule has 1 aromatic carbocycles. The molecule has 1 heterocycles. The second-order valence-electron chi connectivity index (χ2n) is 5.08. The Labute approximate surface area is 123 Å². The molecule has 3 N–H and O–H groups in total. The standard InChI is InChI=1S/C13H18FN3O3S/c1-21(19,20)17-12-5-4-9(14)7-11(12)13(18)16-10-3-2-6-15-8-10/h4-5,7,10,15,17H,2-3,6,8H2,1H3,(H,16,18). The van der Waals surface area contributed by atoms with Crippen molar-refractivity contribution in [2.45, 2.75) is 18.9 Å². The summed E-state index contributed by atoms with van der Waals surface area (Å²) in [6.45, 7) is 1.56. The number of carbonyl (C=O) groups is 1. The molecule has 8 heteroatoms. The first-order chi connectivity index (χ1) is 9.85. The Kier molecular flexibility index (Phi) is 4.79. The Morgan fingerprint density at radius 1 is 1.43 bits per heavy atom. The van der Waals surface area contributed by atoms with Gasteiger partial charge in [0.25, 0.3) is 5.91 Å². The number of amides is 1. The second kappa shape index (κ2) is 6.40. The third-order valence-electron chi connectivity index (χ3n) is 3.15. The van der Waals surface area contributed by atoms with Gasteiger partial charge in [-0.2, -0.15) is 0 Å². The van der Waals surface area contributed by atoms with Crippen LogP contribution in [0.25, 0.3) is 0 Å². The summed E-state index contributed by atoms with van der Waals surface area (Å²) in [7, 11) is -3.54. The Morgan fingerprint density at radius 3 is 2.81 bits per heavy atom. The van der Waals surface area contributed by atoms with E-state index >= 15 is 0 Å². The second-order valence-corrected chi connectivity index (χ2v) is 6.83. The predicted octanol–water partition coefficient (Wildman–Crippen LogP) is 0.679. The number of benzene rings is 1. The minimum Gasteiger partial charge on any atom is -0.348 e. The van der Waals surface area contributed by atoms with Gasteiger partial charge in [-0.15, -0.1) is 0 Å². The van der Waals surface area contributed by atoms with Crippen molar-refractivity contribution in [3.05, 3.63) is 29.6 Å². The minimum atomic E-state index is -3.54. The number of hydrogen-bond donors (Lipinski definition) is 3. The highest BCUT2D eigenvalue weighted by Gasteiger charge is 2.20. The highest BCUT2D eigenvalue weighted by atomic mass is 32.2. The lowest BCUT2D eigenvalue weighted by Crippen LogP contribution is -2.45. The topological polar surface area (TPSA) is 87.3 Å². The van der Waals surface area contributed by atoms with Gasteiger partial charge < -0.3 is 10.6 Å². The van der Waals surface area contributed by atoms with Crippen molar-refractivity contribution < 1.29 is 17.6 Å². The molecule has 1 unspecified atom stereocenters. The van der Waals surface area contributed by atoms with Gasteiger partial charge in [0.1, 0.15) is 5.82 Å². The van der Waals surface area contributed by atoms with Crippen molar-refractivity contribution in [2.75, 3.05) is 24.1 Å². The maximum absolute atomic E-state index is 13.3. The zero-order valence-electron chi connectivity index (χ0n) is 11.6. The molecule has 1 amide bonds. The molecule has 0 saturated carbocycles. The third kappa shape index (κ3) is 4.68. The van der Waals surface area contributed by atoms with Gasteiger partial charge in [-0.3, -0.25) is 9.52 Å². The number of nitrogens with one attached hydrogen (secondary N) is 3. The van der Waals surface area contributed by atoms with Gasteiger partial charge in [0.15, 0.2) is 0 Å². The van der Waals surface area contributed by atoms with Gasteiger partial charge in [-0.05, 0) is 37.6 Å². The highest BCUT2D eigenvalue weighted by Crippen LogP contribution is 2.18. The van der Waals surface area contributed by atoms with Crippen molar-refractivity contribution >= 4 is 21.6 Å². The number of carbonyl (C=O) groups excluding carboxylic acids is 1. The normalized spacial score (nSPS) is 19.0. The van der Waals surface area contributed by atoms with Crippen LogP contribution in [-0.2, 0) is 10.0 Å². The quantitative estimate of drug-likeness (QED) is 0.762. The van der Waals surface area contributed by atoms with Crippen LogP contribution in [0, 0.1) is 5.82 Å². The van der Waals surface area contributed by atoms with Gasteiger partial charge in [0.05, 0.1) is 17.5 Å². The fraction of sp³-hybridized carbons (Fsp3) is 0.462.